The predicted molar refractivity (Wildman–Crippen MR) is 79.4 cm³/mol. The van der Waals surface area contributed by atoms with Gasteiger partial charge in [-0.05, 0) is 12.1 Å². The van der Waals surface area contributed by atoms with Crippen LogP contribution >= 0.6 is 22.9 Å². The van der Waals surface area contributed by atoms with Crippen LogP contribution in [0.5, 0.6) is 0 Å². The zero-order valence-corrected chi connectivity index (χ0v) is 11.6. The first kappa shape index (κ1) is 12.8. The molecule has 0 saturated carbocycles. The minimum Gasteiger partial charge on any atom is -0.289 e. The van der Waals surface area contributed by atoms with Crippen LogP contribution in [0, 0.1) is 10.1 Å². The van der Waals surface area contributed by atoms with Crippen LogP contribution in [0.15, 0.2) is 41.9 Å². The normalized spacial score (nSPS) is 11.9. The Kier molecular flexibility index (Phi) is 3.25. The molecule has 0 unspecified atom stereocenters. The van der Waals surface area contributed by atoms with Gasteiger partial charge in [0, 0.05) is 17.7 Å². The molecule has 2 aromatic heterocycles. The zero-order chi connectivity index (χ0) is 14.1. The third-order valence-corrected chi connectivity index (χ3v) is 3.83. The van der Waals surface area contributed by atoms with Crippen molar-refractivity contribution in [3.63, 3.8) is 0 Å². The van der Waals surface area contributed by atoms with Crippen molar-refractivity contribution in [3.05, 3.63) is 68.4 Å². The van der Waals surface area contributed by atoms with Crippen LogP contribution in [-0.4, -0.2) is 14.3 Å². The van der Waals surface area contributed by atoms with Gasteiger partial charge in [0.25, 0.3) is 5.70 Å². The SMILES string of the molecule is O=[N+]([O-])C(=Cc1c(Cl)nc2sccn12)c1ccccc1. The Bertz CT molecular complexity index is 808. The van der Waals surface area contributed by atoms with Crippen LogP contribution in [0.4, 0.5) is 0 Å². The smallest absolute Gasteiger partial charge is 0.278 e. The second-order valence-corrected chi connectivity index (χ2v) is 5.23. The molecule has 0 aliphatic carbocycles. The first-order valence-corrected chi connectivity index (χ1v) is 6.95. The highest BCUT2D eigenvalue weighted by Crippen LogP contribution is 2.26. The van der Waals surface area contributed by atoms with Gasteiger partial charge < -0.3 is 0 Å². The summed E-state index contributed by atoms with van der Waals surface area (Å²) in [5, 5.41) is 13.4. The van der Waals surface area contributed by atoms with E-state index in [0.717, 1.165) is 0 Å². The van der Waals surface area contributed by atoms with E-state index in [1.54, 1.807) is 34.9 Å². The largest absolute Gasteiger partial charge is 0.289 e. The van der Waals surface area contributed by atoms with Crippen LogP contribution in [0.2, 0.25) is 5.15 Å². The van der Waals surface area contributed by atoms with Crippen molar-refractivity contribution in [1.29, 1.82) is 0 Å². The summed E-state index contributed by atoms with van der Waals surface area (Å²) in [6, 6.07) is 8.70. The number of hydrogen-bond acceptors (Lipinski definition) is 4. The van der Waals surface area contributed by atoms with Gasteiger partial charge in [0.15, 0.2) is 10.1 Å². The van der Waals surface area contributed by atoms with Gasteiger partial charge in [0.1, 0.15) is 0 Å². The average molecular weight is 306 g/mol. The molecule has 0 spiro atoms. The third-order valence-electron chi connectivity index (χ3n) is 2.79. The van der Waals surface area contributed by atoms with Crippen LogP contribution < -0.4 is 0 Å². The Balaban J connectivity index is 2.19. The van der Waals surface area contributed by atoms with Gasteiger partial charge >= 0.3 is 0 Å². The van der Waals surface area contributed by atoms with Crippen molar-refractivity contribution in [2.45, 2.75) is 0 Å². The molecule has 1 aromatic carbocycles. The fraction of sp³-hybridized carbons (Fsp3) is 0. The molecule has 0 radical (unpaired) electrons. The van der Waals surface area contributed by atoms with E-state index in [1.165, 1.54) is 17.4 Å². The summed E-state index contributed by atoms with van der Waals surface area (Å²) in [4.78, 5) is 15.7. The first-order valence-electron chi connectivity index (χ1n) is 5.69. The maximum absolute atomic E-state index is 11.3. The number of hydrogen-bond donors (Lipinski definition) is 0. The Labute approximate surface area is 122 Å². The Morgan fingerprint density at radius 2 is 2.15 bits per heavy atom. The summed E-state index contributed by atoms with van der Waals surface area (Å²) in [7, 11) is 0. The molecule has 7 heteroatoms. The van der Waals surface area contributed by atoms with E-state index >= 15 is 0 Å². The van der Waals surface area contributed by atoms with Gasteiger partial charge in [-0.1, -0.05) is 29.8 Å². The minimum atomic E-state index is -0.419. The average Bonchev–Trinajstić information content (AvgIpc) is 2.98. The number of aromatic nitrogens is 2. The number of nitro groups is 1. The minimum absolute atomic E-state index is 0.0134. The lowest BCUT2D eigenvalue weighted by Gasteiger charge is -1.99. The van der Waals surface area contributed by atoms with Crippen molar-refractivity contribution in [3.8, 4) is 0 Å². The number of fused-ring (bicyclic) bond motifs is 1. The Hall–Kier alpha value is -2.18. The molecule has 0 atom stereocenters. The molecule has 3 rings (SSSR count). The molecule has 100 valence electrons. The molecule has 0 aliphatic rings. The van der Waals surface area contributed by atoms with E-state index in [0.29, 0.717) is 16.2 Å². The summed E-state index contributed by atoms with van der Waals surface area (Å²) in [6.45, 7) is 0. The lowest BCUT2D eigenvalue weighted by molar-refractivity contribution is -0.374. The van der Waals surface area contributed by atoms with E-state index in [1.807, 2.05) is 11.4 Å². The van der Waals surface area contributed by atoms with Gasteiger partial charge in [-0.15, -0.1) is 11.3 Å². The molecule has 0 amide bonds. The summed E-state index contributed by atoms with van der Waals surface area (Å²) >= 11 is 7.47. The number of benzene rings is 1. The third kappa shape index (κ3) is 2.19. The summed E-state index contributed by atoms with van der Waals surface area (Å²) in [6.07, 6.45) is 3.23. The Morgan fingerprint density at radius 1 is 1.40 bits per heavy atom. The van der Waals surface area contributed by atoms with Crippen molar-refractivity contribution in [2.24, 2.45) is 0 Å². The number of rotatable bonds is 3. The van der Waals surface area contributed by atoms with E-state index in [9.17, 15) is 10.1 Å². The fourth-order valence-corrected chi connectivity index (χ4v) is 2.88. The molecular weight excluding hydrogens is 298 g/mol. The number of imidazole rings is 1. The first-order chi connectivity index (χ1) is 9.66. The molecule has 0 aliphatic heterocycles. The fourth-order valence-electron chi connectivity index (χ4n) is 1.89. The molecule has 0 bridgehead atoms. The van der Waals surface area contributed by atoms with Gasteiger partial charge in [-0.3, -0.25) is 14.5 Å². The maximum atomic E-state index is 11.3. The van der Waals surface area contributed by atoms with Gasteiger partial charge in [0.2, 0.25) is 0 Å². The number of halogens is 1. The van der Waals surface area contributed by atoms with Gasteiger partial charge in [-0.25, -0.2) is 4.98 Å². The van der Waals surface area contributed by atoms with Crippen molar-refractivity contribution < 1.29 is 4.92 Å². The molecule has 5 nitrogen and oxygen atoms in total. The van der Waals surface area contributed by atoms with E-state index < -0.39 is 4.92 Å². The lowest BCUT2D eigenvalue weighted by Crippen LogP contribution is -1.98. The van der Waals surface area contributed by atoms with Gasteiger partial charge in [-0.2, -0.15) is 0 Å². The molecule has 0 saturated heterocycles. The maximum Gasteiger partial charge on any atom is 0.278 e. The standard InChI is InChI=1S/C13H8ClN3O2S/c14-12-11(16-6-7-20-13(16)15-12)8-10(17(18)19)9-4-2-1-3-5-9/h1-8H. The lowest BCUT2D eigenvalue weighted by atomic mass is 10.1. The zero-order valence-electron chi connectivity index (χ0n) is 10.1. The molecular formula is C13H8ClN3O2S. The highest BCUT2D eigenvalue weighted by Gasteiger charge is 2.18. The molecule has 0 fully saturated rings. The number of nitrogens with zero attached hydrogens (tertiary/aromatic N) is 3. The topological polar surface area (TPSA) is 60.4 Å². The summed E-state index contributed by atoms with van der Waals surface area (Å²) < 4.78 is 1.74. The van der Waals surface area contributed by atoms with Crippen LogP contribution in [0.1, 0.15) is 11.3 Å². The van der Waals surface area contributed by atoms with Gasteiger partial charge in [0.05, 0.1) is 16.2 Å². The Morgan fingerprint density at radius 3 is 2.85 bits per heavy atom. The molecule has 2 heterocycles. The van der Waals surface area contributed by atoms with Crippen LogP contribution in [-0.2, 0) is 0 Å². The van der Waals surface area contributed by atoms with Crippen molar-refractivity contribution >= 4 is 39.7 Å². The van der Waals surface area contributed by atoms with Crippen molar-refractivity contribution in [2.75, 3.05) is 0 Å². The highest BCUT2D eigenvalue weighted by atomic mass is 35.5. The van der Waals surface area contributed by atoms with Crippen LogP contribution in [0.25, 0.3) is 16.7 Å². The second kappa shape index (κ2) is 5.07. The highest BCUT2D eigenvalue weighted by molar-refractivity contribution is 7.15. The molecule has 3 aromatic rings. The van der Waals surface area contributed by atoms with E-state index in [4.69, 9.17) is 11.6 Å². The summed E-state index contributed by atoms with van der Waals surface area (Å²) in [5.41, 5.74) is 1.03. The second-order valence-electron chi connectivity index (χ2n) is 4.00. The monoisotopic (exact) mass is 305 g/mol. The van der Waals surface area contributed by atoms with E-state index in [2.05, 4.69) is 4.98 Å². The van der Waals surface area contributed by atoms with E-state index in [-0.39, 0.29) is 10.9 Å². The van der Waals surface area contributed by atoms with Crippen molar-refractivity contribution in [1.82, 2.24) is 9.38 Å². The molecule has 20 heavy (non-hydrogen) atoms. The number of thiazole rings is 1. The summed E-state index contributed by atoms with van der Waals surface area (Å²) in [5.74, 6) is 0. The predicted octanol–water partition coefficient (Wildman–Crippen LogP) is 3.82. The quantitative estimate of drug-likeness (QED) is 0.546. The molecule has 0 N–H and O–H groups in total. The van der Waals surface area contributed by atoms with Crippen LogP contribution in [0.3, 0.4) is 0 Å².